The van der Waals surface area contributed by atoms with E-state index in [4.69, 9.17) is 9.72 Å². The van der Waals surface area contributed by atoms with Crippen molar-refractivity contribution in [3.05, 3.63) is 34.7 Å². The lowest BCUT2D eigenvalue weighted by Crippen LogP contribution is -2.35. The van der Waals surface area contributed by atoms with Gasteiger partial charge in [0, 0.05) is 28.9 Å². The monoisotopic (exact) mass is 458 g/mol. The van der Waals surface area contributed by atoms with Crippen molar-refractivity contribution in [3.63, 3.8) is 0 Å². The number of hydrogen-bond acceptors (Lipinski definition) is 4. The molecule has 1 saturated heterocycles. The van der Waals surface area contributed by atoms with E-state index >= 15 is 0 Å². The molecule has 6 nitrogen and oxygen atoms in total. The Hall–Kier alpha value is -2.15. The number of rotatable bonds is 2. The van der Waals surface area contributed by atoms with Gasteiger partial charge in [-0.15, -0.1) is 0 Å². The minimum Gasteiger partial charge on any atom is -0.444 e. The summed E-state index contributed by atoms with van der Waals surface area (Å²) in [6.45, 7) is 11.3. The number of likely N-dealkylation sites (tertiary alicyclic amines) is 1. The molecule has 154 valence electrons. The van der Waals surface area contributed by atoms with E-state index in [-0.39, 0.29) is 18.1 Å². The van der Waals surface area contributed by atoms with Crippen molar-refractivity contribution in [1.82, 2.24) is 19.4 Å². The highest BCUT2D eigenvalue weighted by Gasteiger charge is 2.33. The smallest absolute Gasteiger partial charge is 0.410 e. The molecule has 1 aliphatic rings. The predicted molar refractivity (Wildman–Crippen MR) is 118 cm³/mol. The molecule has 1 aliphatic heterocycles. The van der Waals surface area contributed by atoms with Crippen LogP contribution in [0.25, 0.3) is 21.9 Å². The van der Waals surface area contributed by atoms with Crippen LogP contribution in [-0.4, -0.2) is 44.2 Å². The molecule has 0 radical (unpaired) electrons. The van der Waals surface area contributed by atoms with Crippen molar-refractivity contribution in [2.24, 2.45) is 0 Å². The molecular weight excluding hydrogens is 432 g/mol. The minimum atomic E-state index is -0.492. The van der Waals surface area contributed by atoms with Crippen LogP contribution in [0, 0.1) is 0 Å². The summed E-state index contributed by atoms with van der Waals surface area (Å²) in [5.74, 6) is 1.30. The number of halogens is 1. The molecule has 29 heavy (non-hydrogen) atoms. The number of imidazole rings is 1. The fraction of sp³-hybridized carbons (Fsp3) is 0.500. The van der Waals surface area contributed by atoms with Crippen molar-refractivity contribution >= 4 is 44.0 Å². The van der Waals surface area contributed by atoms with Gasteiger partial charge in [-0.25, -0.2) is 9.78 Å². The molecule has 1 aromatic carbocycles. The number of ether oxygens (including phenoxy) is 1. The van der Waals surface area contributed by atoms with E-state index in [9.17, 15) is 4.79 Å². The number of nitrogens with zero attached hydrogens (tertiary/aromatic N) is 4. The number of hydrogen-bond donors (Lipinski definition) is 0. The molecule has 0 aliphatic carbocycles. The Morgan fingerprint density at radius 1 is 1.28 bits per heavy atom. The summed E-state index contributed by atoms with van der Waals surface area (Å²) in [6.07, 6.45) is 2.49. The van der Waals surface area contributed by atoms with Crippen LogP contribution in [0.4, 0.5) is 4.79 Å². The Labute approximate surface area is 179 Å². The largest absolute Gasteiger partial charge is 0.444 e. The highest BCUT2D eigenvalue weighted by molar-refractivity contribution is 9.10. The summed E-state index contributed by atoms with van der Waals surface area (Å²) in [5, 5.41) is 1.08. The second-order valence-electron chi connectivity index (χ2n) is 9.02. The fourth-order valence-corrected chi connectivity index (χ4v) is 4.35. The average Bonchev–Trinajstić information content (AvgIpc) is 3.24. The van der Waals surface area contributed by atoms with Gasteiger partial charge in [-0.1, -0.05) is 29.8 Å². The second-order valence-corrected chi connectivity index (χ2v) is 9.93. The molecule has 3 heterocycles. The number of carbonyl (C=O) groups is 1. The van der Waals surface area contributed by atoms with E-state index in [0.717, 1.165) is 38.7 Å². The van der Waals surface area contributed by atoms with Crippen LogP contribution in [-0.2, 0) is 4.74 Å². The van der Waals surface area contributed by atoms with E-state index < -0.39 is 5.60 Å². The average molecular weight is 459 g/mol. The van der Waals surface area contributed by atoms with Gasteiger partial charge in [0.05, 0.1) is 23.3 Å². The predicted octanol–water partition coefficient (Wildman–Crippen LogP) is 5.65. The first-order valence-electron chi connectivity index (χ1n) is 10.1. The van der Waals surface area contributed by atoms with E-state index in [1.807, 2.05) is 44.0 Å². The van der Waals surface area contributed by atoms with Gasteiger partial charge in [0.15, 0.2) is 0 Å². The molecule has 0 saturated carbocycles. The van der Waals surface area contributed by atoms with Crippen molar-refractivity contribution in [1.29, 1.82) is 0 Å². The third-order valence-corrected chi connectivity index (χ3v) is 5.69. The SMILES string of the molecule is CC(C)c1nc2cnc3ccc(Br)cc3c2n1[C@@H]1CCN(C(=O)OC(C)(C)C)C1. The highest BCUT2D eigenvalue weighted by atomic mass is 79.9. The highest BCUT2D eigenvalue weighted by Crippen LogP contribution is 2.35. The molecule has 0 unspecified atom stereocenters. The van der Waals surface area contributed by atoms with Crippen molar-refractivity contribution < 1.29 is 9.53 Å². The quantitative estimate of drug-likeness (QED) is 0.497. The molecule has 2 aromatic heterocycles. The van der Waals surface area contributed by atoms with Gasteiger partial charge < -0.3 is 14.2 Å². The fourth-order valence-electron chi connectivity index (χ4n) is 3.99. The molecular formula is C22H27BrN4O2. The third kappa shape index (κ3) is 3.84. The number of benzene rings is 1. The van der Waals surface area contributed by atoms with Gasteiger partial charge in [0.25, 0.3) is 0 Å². The molecule has 1 fully saturated rings. The Morgan fingerprint density at radius 3 is 2.72 bits per heavy atom. The number of carbonyl (C=O) groups excluding carboxylic acids is 1. The number of amides is 1. The summed E-state index contributed by atoms with van der Waals surface area (Å²) in [6, 6.07) is 6.29. The number of fused-ring (bicyclic) bond motifs is 3. The first-order valence-corrected chi connectivity index (χ1v) is 10.9. The van der Waals surface area contributed by atoms with Gasteiger partial charge >= 0.3 is 6.09 Å². The Morgan fingerprint density at radius 2 is 2.03 bits per heavy atom. The van der Waals surface area contributed by atoms with Crippen molar-refractivity contribution in [2.75, 3.05) is 13.1 Å². The van der Waals surface area contributed by atoms with Crippen LogP contribution < -0.4 is 0 Å². The zero-order valence-electron chi connectivity index (χ0n) is 17.6. The van der Waals surface area contributed by atoms with Crippen LogP contribution in [0.1, 0.15) is 58.8 Å². The van der Waals surface area contributed by atoms with Crippen molar-refractivity contribution in [3.8, 4) is 0 Å². The molecule has 1 atom stereocenters. The first-order chi connectivity index (χ1) is 13.6. The molecule has 4 rings (SSSR count). The first kappa shape index (κ1) is 20.1. The summed E-state index contributed by atoms with van der Waals surface area (Å²) < 4.78 is 8.93. The Balaban J connectivity index is 1.79. The van der Waals surface area contributed by atoms with Gasteiger partial charge in [-0.05, 0) is 45.4 Å². The maximum absolute atomic E-state index is 12.6. The molecule has 3 aromatic rings. The maximum Gasteiger partial charge on any atom is 0.410 e. The van der Waals surface area contributed by atoms with Gasteiger partial charge in [-0.2, -0.15) is 0 Å². The third-order valence-electron chi connectivity index (χ3n) is 5.20. The Kier molecular flexibility index (Phi) is 5.05. The molecule has 1 amide bonds. The van der Waals surface area contributed by atoms with E-state index in [1.165, 1.54) is 0 Å². The lowest BCUT2D eigenvalue weighted by atomic mass is 10.1. The summed E-state index contributed by atoms with van der Waals surface area (Å²) >= 11 is 3.59. The topological polar surface area (TPSA) is 60.2 Å². The van der Waals surface area contributed by atoms with E-state index in [0.29, 0.717) is 13.1 Å². The molecule has 7 heteroatoms. The second kappa shape index (κ2) is 7.27. The number of pyridine rings is 1. The van der Waals surface area contributed by atoms with E-state index in [2.05, 4.69) is 45.4 Å². The zero-order chi connectivity index (χ0) is 20.9. The summed E-state index contributed by atoms with van der Waals surface area (Å²) in [7, 11) is 0. The standard InChI is InChI=1S/C22H27BrN4O2/c1-13(2)20-25-18-11-24-17-7-6-14(23)10-16(17)19(18)27(20)15-8-9-26(12-15)21(28)29-22(3,4)5/h6-7,10-11,13,15H,8-9,12H2,1-5H3/t15-/m1/s1. The van der Waals surface area contributed by atoms with Crippen molar-refractivity contribution in [2.45, 2.75) is 58.6 Å². The van der Waals surface area contributed by atoms with E-state index in [1.54, 1.807) is 0 Å². The molecule has 0 spiro atoms. The van der Waals surface area contributed by atoms with Crippen LogP contribution in [0.2, 0.25) is 0 Å². The number of aromatic nitrogens is 3. The molecule has 0 bridgehead atoms. The van der Waals surface area contributed by atoms with Gasteiger partial charge in [0.2, 0.25) is 0 Å². The minimum absolute atomic E-state index is 0.162. The molecule has 0 N–H and O–H groups in total. The zero-order valence-corrected chi connectivity index (χ0v) is 19.2. The maximum atomic E-state index is 12.6. The lowest BCUT2D eigenvalue weighted by Gasteiger charge is -2.25. The van der Waals surface area contributed by atoms with Gasteiger partial charge in [-0.3, -0.25) is 4.98 Å². The van der Waals surface area contributed by atoms with Crippen LogP contribution in [0.15, 0.2) is 28.9 Å². The summed E-state index contributed by atoms with van der Waals surface area (Å²) in [4.78, 5) is 23.9. The Bertz CT molecular complexity index is 1080. The normalized spacial score (nSPS) is 17.6. The lowest BCUT2D eigenvalue weighted by molar-refractivity contribution is 0.0289. The van der Waals surface area contributed by atoms with Crippen LogP contribution >= 0.6 is 15.9 Å². The summed E-state index contributed by atoms with van der Waals surface area (Å²) in [5.41, 5.74) is 2.44. The van der Waals surface area contributed by atoms with Gasteiger partial charge in [0.1, 0.15) is 16.9 Å². The van der Waals surface area contributed by atoms with Crippen LogP contribution in [0.5, 0.6) is 0 Å². The van der Waals surface area contributed by atoms with Crippen LogP contribution in [0.3, 0.4) is 0 Å².